The van der Waals surface area contributed by atoms with Gasteiger partial charge in [-0.15, -0.1) is 0 Å². The monoisotopic (exact) mass is 618 g/mol. The van der Waals surface area contributed by atoms with Gasteiger partial charge in [0, 0.05) is 25.2 Å². The molecule has 1 amide bonds. The second-order valence-electron chi connectivity index (χ2n) is 11.5. The van der Waals surface area contributed by atoms with E-state index in [2.05, 4.69) is 21.5 Å². The van der Waals surface area contributed by atoms with Crippen molar-refractivity contribution < 1.29 is 13.9 Å². The van der Waals surface area contributed by atoms with E-state index in [9.17, 15) is 9.59 Å². The van der Waals surface area contributed by atoms with E-state index >= 15 is 4.39 Å². The van der Waals surface area contributed by atoms with Crippen LogP contribution < -0.4 is 21.1 Å². The van der Waals surface area contributed by atoms with Crippen molar-refractivity contribution in [3.63, 3.8) is 0 Å². The van der Waals surface area contributed by atoms with E-state index in [0.29, 0.717) is 47.9 Å². The zero-order chi connectivity index (χ0) is 31.4. The summed E-state index contributed by atoms with van der Waals surface area (Å²) in [6.07, 6.45) is 1.27. The number of fused-ring (bicyclic) bond motifs is 2. The summed E-state index contributed by atoms with van der Waals surface area (Å²) >= 11 is 6.99. The van der Waals surface area contributed by atoms with E-state index in [1.165, 1.54) is 16.7 Å². The first-order valence-corrected chi connectivity index (χ1v) is 14.8. The van der Waals surface area contributed by atoms with Crippen LogP contribution in [0.15, 0.2) is 41.7 Å². The molecule has 44 heavy (non-hydrogen) atoms. The Bertz CT molecular complexity index is 1860. The van der Waals surface area contributed by atoms with E-state index in [1.807, 2.05) is 32.6 Å². The number of carbonyl (C=O) groups excluding carboxylic acids is 1. The number of aromatic nitrogens is 5. The summed E-state index contributed by atoms with van der Waals surface area (Å²) in [7, 11) is 0. The maximum absolute atomic E-state index is 15.2. The van der Waals surface area contributed by atoms with Gasteiger partial charge in [-0.25, -0.2) is 28.7 Å². The summed E-state index contributed by atoms with van der Waals surface area (Å²) in [5.41, 5.74) is 7.40. The summed E-state index contributed by atoms with van der Waals surface area (Å²) in [5, 5.41) is 0.471. The SMILES string of the molecule is C=CC(=O)N1CCN2c3nc(=O)n(-c4c(C(C)C)nc(N)nc4C(C)C)c4nc(-c5ccccc5F)c(Cl)c(c34)OC[C@H]2C1. The van der Waals surface area contributed by atoms with Gasteiger partial charge in [0.2, 0.25) is 11.9 Å². The van der Waals surface area contributed by atoms with Crippen LogP contribution in [0.25, 0.3) is 28.0 Å². The van der Waals surface area contributed by atoms with Crippen molar-refractivity contribution in [2.75, 3.05) is 36.9 Å². The fourth-order valence-corrected chi connectivity index (χ4v) is 6.18. The zero-order valence-corrected chi connectivity index (χ0v) is 25.6. The van der Waals surface area contributed by atoms with Crippen LogP contribution in [0.4, 0.5) is 16.2 Å². The van der Waals surface area contributed by atoms with E-state index in [-0.39, 0.29) is 64.0 Å². The van der Waals surface area contributed by atoms with Gasteiger partial charge in [0.25, 0.3) is 0 Å². The third-order valence-corrected chi connectivity index (χ3v) is 8.32. The van der Waals surface area contributed by atoms with Crippen LogP contribution in [0.3, 0.4) is 0 Å². The molecule has 1 atom stereocenters. The second kappa shape index (κ2) is 11.2. The second-order valence-corrected chi connectivity index (χ2v) is 11.9. The van der Waals surface area contributed by atoms with Crippen molar-refractivity contribution in [3.05, 3.63) is 69.6 Å². The molecule has 4 aromatic rings. The first-order valence-electron chi connectivity index (χ1n) is 14.4. The van der Waals surface area contributed by atoms with Crippen LogP contribution in [0.2, 0.25) is 5.02 Å². The summed E-state index contributed by atoms with van der Waals surface area (Å²) in [5.74, 6) is -0.417. The van der Waals surface area contributed by atoms with Crippen molar-refractivity contribution in [3.8, 4) is 22.7 Å². The third-order valence-electron chi connectivity index (χ3n) is 7.97. The average Bonchev–Trinajstić information content (AvgIpc) is 3.15. The maximum atomic E-state index is 15.2. The number of pyridine rings is 1. The molecular weight excluding hydrogens is 587 g/mol. The van der Waals surface area contributed by atoms with E-state index in [4.69, 9.17) is 27.1 Å². The Kier molecular flexibility index (Phi) is 7.48. The lowest BCUT2D eigenvalue weighted by Crippen LogP contribution is -2.56. The molecule has 5 heterocycles. The summed E-state index contributed by atoms with van der Waals surface area (Å²) in [6, 6.07) is 5.78. The number of rotatable bonds is 5. The number of anilines is 2. The minimum absolute atomic E-state index is 0.0800. The van der Waals surface area contributed by atoms with E-state index < -0.39 is 11.5 Å². The molecule has 1 saturated heterocycles. The molecule has 0 spiro atoms. The Hall–Kier alpha value is -4.58. The minimum Gasteiger partial charge on any atom is -0.489 e. The summed E-state index contributed by atoms with van der Waals surface area (Å²) in [4.78, 5) is 48.9. The molecular formula is C31H32ClFN8O3. The maximum Gasteiger partial charge on any atom is 0.355 e. The first-order chi connectivity index (χ1) is 21.0. The number of nitrogens with two attached hydrogens (primary N) is 1. The van der Waals surface area contributed by atoms with E-state index in [0.717, 1.165) is 0 Å². The van der Waals surface area contributed by atoms with Crippen LogP contribution in [0.5, 0.6) is 5.75 Å². The minimum atomic E-state index is -0.629. The van der Waals surface area contributed by atoms with Crippen molar-refractivity contribution in [2.24, 2.45) is 0 Å². The van der Waals surface area contributed by atoms with Gasteiger partial charge in [0.1, 0.15) is 28.7 Å². The number of carbonyl (C=O) groups is 1. The molecule has 0 saturated carbocycles. The molecule has 0 unspecified atom stereocenters. The lowest BCUT2D eigenvalue weighted by atomic mass is 10.0. The fraction of sp³-hybridized carbons (Fsp3) is 0.355. The van der Waals surface area contributed by atoms with Crippen molar-refractivity contribution >= 4 is 40.3 Å². The van der Waals surface area contributed by atoms with Gasteiger partial charge in [-0.05, 0) is 30.0 Å². The van der Waals surface area contributed by atoms with Gasteiger partial charge in [-0.1, -0.05) is 58.0 Å². The molecule has 0 bridgehead atoms. The van der Waals surface area contributed by atoms with Crippen molar-refractivity contribution in [1.82, 2.24) is 29.4 Å². The van der Waals surface area contributed by atoms with Gasteiger partial charge >= 0.3 is 5.69 Å². The lowest BCUT2D eigenvalue weighted by Gasteiger charge is -2.40. The molecule has 2 N–H and O–H groups in total. The molecule has 6 rings (SSSR count). The van der Waals surface area contributed by atoms with Crippen molar-refractivity contribution in [2.45, 2.75) is 45.6 Å². The number of nitrogen functional groups attached to an aromatic ring is 1. The first kappa shape index (κ1) is 29.5. The Morgan fingerprint density at radius 2 is 1.80 bits per heavy atom. The Morgan fingerprint density at radius 1 is 1.11 bits per heavy atom. The molecule has 1 aromatic carbocycles. The van der Waals surface area contributed by atoms with Gasteiger partial charge in [0.15, 0.2) is 11.4 Å². The summed E-state index contributed by atoms with van der Waals surface area (Å²) < 4.78 is 23.0. The summed E-state index contributed by atoms with van der Waals surface area (Å²) in [6.45, 7) is 12.6. The van der Waals surface area contributed by atoms with E-state index in [1.54, 1.807) is 23.1 Å². The largest absolute Gasteiger partial charge is 0.489 e. The van der Waals surface area contributed by atoms with Gasteiger partial charge in [-0.3, -0.25) is 4.79 Å². The Balaban J connectivity index is 1.73. The highest BCUT2D eigenvalue weighted by Crippen LogP contribution is 2.45. The van der Waals surface area contributed by atoms with Gasteiger partial charge in [0.05, 0.1) is 28.8 Å². The molecule has 0 aliphatic carbocycles. The van der Waals surface area contributed by atoms with Crippen LogP contribution in [-0.4, -0.2) is 67.6 Å². The zero-order valence-electron chi connectivity index (χ0n) is 24.8. The van der Waals surface area contributed by atoms with Crippen LogP contribution in [-0.2, 0) is 4.79 Å². The standard InChI is InChI=1S/C31H32ClFN8O3/c1-6-20(42)39-11-12-40-17(13-39)14-44-27-21-28(40)38-31(43)41(26-23(15(2)3)36-30(34)37-24(26)16(4)5)29(21)35-25(22(27)32)18-9-7-8-10-19(18)33/h6-10,15-17H,1,11-14H2,2-5H3,(H2,34,36,37)/t17-/m1/s1. The number of hydrogen-bond donors (Lipinski definition) is 1. The molecule has 2 aliphatic heterocycles. The molecule has 11 nitrogen and oxygen atoms in total. The molecule has 13 heteroatoms. The number of benzene rings is 1. The highest BCUT2D eigenvalue weighted by Gasteiger charge is 2.38. The number of hydrogen-bond acceptors (Lipinski definition) is 9. The Morgan fingerprint density at radius 3 is 2.43 bits per heavy atom. The van der Waals surface area contributed by atoms with Crippen LogP contribution >= 0.6 is 11.6 Å². The normalized spacial score (nSPS) is 16.2. The van der Waals surface area contributed by atoms with Crippen LogP contribution in [0, 0.1) is 5.82 Å². The van der Waals surface area contributed by atoms with Gasteiger partial charge < -0.3 is 20.3 Å². The molecule has 0 radical (unpaired) electrons. The molecule has 2 aliphatic rings. The number of ether oxygens (including phenoxy) is 1. The highest BCUT2D eigenvalue weighted by molar-refractivity contribution is 6.36. The predicted molar refractivity (Wildman–Crippen MR) is 167 cm³/mol. The van der Waals surface area contributed by atoms with Crippen molar-refractivity contribution in [1.29, 1.82) is 0 Å². The average molecular weight is 619 g/mol. The highest BCUT2D eigenvalue weighted by atomic mass is 35.5. The number of halogens is 2. The quantitative estimate of drug-likeness (QED) is 0.322. The molecule has 1 fully saturated rings. The molecule has 228 valence electrons. The smallest absolute Gasteiger partial charge is 0.355 e. The number of piperazine rings is 1. The third kappa shape index (κ3) is 4.73. The fourth-order valence-electron chi connectivity index (χ4n) is 5.89. The van der Waals surface area contributed by atoms with Gasteiger partial charge in [-0.2, -0.15) is 4.98 Å². The predicted octanol–water partition coefficient (Wildman–Crippen LogP) is 4.45. The Labute approximate surface area is 258 Å². The molecule has 3 aromatic heterocycles. The number of amides is 1. The van der Waals surface area contributed by atoms with Crippen LogP contribution in [0.1, 0.15) is 50.9 Å². The number of nitrogens with zero attached hydrogens (tertiary/aromatic N) is 7. The lowest BCUT2D eigenvalue weighted by molar-refractivity contribution is -0.126. The topological polar surface area (TPSA) is 132 Å².